The molecule has 0 spiro atoms. The van der Waals surface area contributed by atoms with Crippen LogP contribution in [0.5, 0.6) is 0 Å². The molecular weight excluding hydrogens is 331 g/mol. The van der Waals surface area contributed by atoms with Crippen molar-refractivity contribution in [2.75, 3.05) is 19.6 Å². The first kappa shape index (κ1) is 16.9. The molecule has 0 radical (unpaired) electrons. The average molecular weight is 357 g/mol. The van der Waals surface area contributed by atoms with Gasteiger partial charge in [-0.3, -0.25) is 4.90 Å². The molecule has 1 heterocycles. The number of hydrogen-bond acceptors (Lipinski definition) is 2. The van der Waals surface area contributed by atoms with Crippen molar-refractivity contribution in [2.24, 2.45) is 11.1 Å². The van der Waals surface area contributed by atoms with E-state index in [0.29, 0.717) is 17.5 Å². The molecule has 0 bridgehead atoms. The number of hydrogen-bond donors (Lipinski definition) is 1. The standard InChI is InChI=1S/C17H26BrFN2/c1-3-17(4-2)7-9-21(10-8-17)16(12-20)14-11-13(18)5-6-15(14)19/h5-6,11,16H,3-4,7-10,12,20H2,1-2H3. The Morgan fingerprint density at radius 1 is 1.29 bits per heavy atom. The van der Waals surface area contributed by atoms with Crippen LogP contribution in [0.1, 0.15) is 51.1 Å². The molecule has 21 heavy (non-hydrogen) atoms. The third kappa shape index (κ3) is 3.66. The van der Waals surface area contributed by atoms with Gasteiger partial charge in [0.15, 0.2) is 0 Å². The minimum absolute atomic E-state index is 0.0192. The Balaban J connectivity index is 2.15. The van der Waals surface area contributed by atoms with Crippen LogP contribution in [-0.4, -0.2) is 24.5 Å². The first-order valence-electron chi connectivity index (χ1n) is 7.94. The fraction of sp³-hybridized carbons (Fsp3) is 0.647. The number of nitrogens with zero attached hydrogens (tertiary/aromatic N) is 1. The highest BCUT2D eigenvalue weighted by molar-refractivity contribution is 9.10. The van der Waals surface area contributed by atoms with Crippen LogP contribution >= 0.6 is 15.9 Å². The van der Waals surface area contributed by atoms with Crippen LogP contribution in [0.2, 0.25) is 0 Å². The normalized spacial score (nSPS) is 20.4. The van der Waals surface area contributed by atoms with E-state index in [4.69, 9.17) is 5.73 Å². The second-order valence-electron chi connectivity index (χ2n) is 6.16. The summed E-state index contributed by atoms with van der Waals surface area (Å²) in [6.45, 7) is 7.05. The molecule has 0 aliphatic carbocycles. The van der Waals surface area contributed by atoms with Gasteiger partial charge in [0.05, 0.1) is 0 Å². The van der Waals surface area contributed by atoms with Crippen LogP contribution in [0.15, 0.2) is 22.7 Å². The van der Waals surface area contributed by atoms with Gasteiger partial charge in [0.1, 0.15) is 5.82 Å². The van der Waals surface area contributed by atoms with E-state index in [-0.39, 0.29) is 11.9 Å². The van der Waals surface area contributed by atoms with E-state index in [2.05, 4.69) is 34.7 Å². The topological polar surface area (TPSA) is 29.3 Å². The van der Waals surface area contributed by atoms with Crippen molar-refractivity contribution in [2.45, 2.75) is 45.6 Å². The van der Waals surface area contributed by atoms with Gasteiger partial charge in [0.2, 0.25) is 0 Å². The molecule has 2 nitrogen and oxygen atoms in total. The largest absolute Gasteiger partial charge is 0.329 e. The fourth-order valence-electron chi connectivity index (χ4n) is 3.51. The molecular formula is C17H26BrFN2. The summed E-state index contributed by atoms with van der Waals surface area (Å²) in [5, 5.41) is 0. The smallest absolute Gasteiger partial charge is 0.128 e. The van der Waals surface area contributed by atoms with Crippen LogP contribution in [0.25, 0.3) is 0 Å². The van der Waals surface area contributed by atoms with Crippen molar-refractivity contribution in [1.29, 1.82) is 0 Å². The molecule has 1 aliphatic heterocycles. The first-order valence-corrected chi connectivity index (χ1v) is 8.73. The molecule has 1 aliphatic rings. The molecule has 0 saturated carbocycles. The van der Waals surface area contributed by atoms with E-state index in [9.17, 15) is 4.39 Å². The van der Waals surface area contributed by atoms with Gasteiger partial charge in [-0.1, -0.05) is 42.6 Å². The molecule has 4 heteroatoms. The van der Waals surface area contributed by atoms with Crippen molar-refractivity contribution in [1.82, 2.24) is 4.90 Å². The van der Waals surface area contributed by atoms with Gasteiger partial charge in [0, 0.05) is 22.6 Å². The van der Waals surface area contributed by atoms with Gasteiger partial charge in [-0.25, -0.2) is 4.39 Å². The predicted molar refractivity (Wildman–Crippen MR) is 89.7 cm³/mol. The van der Waals surface area contributed by atoms with E-state index in [1.807, 2.05) is 6.07 Å². The highest BCUT2D eigenvalue weighted by atomic mass is 79.9. The maximum absolute atomic E-state index is 14.1. The molecule has 1 aromatic rings. The van der Waals surface area contributed by atoms with Crippen LogP contribution < -0.4 is 5.73 Å². The monoisotopic (exact) mass is 356 g/mol. The van der Waals surface area contributed by atoms with Crippen molar-refractivity contribution >= 4 is 15.9 Å². The fourth-order valence-corrected chi connectivity index (χ4v) is 3.89. The van der Waals surface area contributed by atoms with Crippen LogP contribution in [0.3, 0.4) is 0 Å². The quantitative estimate of drug-likeness (QED) is 0.841. The number of benzene rings is 1. The minimum atomic E-state index is -0.156. The molecule has 1 saturated heterocycles. The van der Waals surface area contributed by atoms with Crippen molar-refractivity contribution < 1.29 is 4.39 Å². The molecule has 1 atom stereocenters. The maximum Gasteiger partial charge on any atom is 0.128 e. The summed E-state index contributed by atoms with van der Waals surface area (Å²) in [5.41, 5.74) is 7.16. The summed E-state index contributed by atoms with van der Waals surface area (Å²) in [6.07, 6.45) is 4.84. The Labute approximate surface area is 136 Å². The maximum atomic E-state index is 14.1. The summed E-state index contributed by atoms with van der Waals surface area (Å²) in [7, 11) is 0. The van der Waals surface area contributed by atoms with Crippen LogP contribution in [0, 0.1) is 11.2 Å². The van der Waals surface area contributed by atoms with E-state index in [0.717, 1.165) is 17.6 Å². The second-order valence-corrected chi connectivity index (χ2v) is 7.08. The van der Waals surface area contributed by atoms with Crippen molar-refractivity contribution in [3.8, 4) is 0 Å². The summed E-state index contributed by atoms with van der Waals surface area (Å²) in [6, 6.07) is 5.11. The number of nitrogens with two attached hydrogens (primary N) is 1. The third-order valence-electron chi connectivity index (χ3n) is 5.34. The van der Waals surface area contributed by atoms with Gasteiger partial charge < -0.3 is 5.73 Å². The minimum Gasteiger partial charge on any atom is -0.329 e. The summed E-state index contributed by atoms with van der Waals surface area (Å²) in [5.74, 6) is -0.156. The number of halogens is 2. The predicted octanol–water partition coefficient (Wildman–Crippen LogP) is 4.49. The highest BCUT2D eigenvalue weighted by Gasteiger charge is 2.34. The zero-order valence-corrected chi connectivity index (χ0v) is 14.6. The lowest BCUT2D eigenvalue weighted by Gasteiger charge is -2.44. The first-order chi connectivity index (χ1) is 10.0. The number of piperidine rings is 1. The van der Waals surface area contributed by atoms with Gasteiger partial charge in [0.25, 0.3) is 0 Å². The molecule has 1 unspecified atom stereocenters. The van der Waals surface area contributed by atoms with E-state index >= 15 is 0 Å². The number of likely N-dealkylation sites (tertiary alicyclic amines) is 1. The lowest BCUT2D eigenvalue weighted by Crippen LogP contribution is -2.43. The lowest BCUT2D eigenvalue weighted by atomic mass is 9.74. The summed E-state index contributed by atoms with van der Waals surface area (Å²) in [4.78, 5) is 2.36. The van der Waals surface area contributed by atoms with Crippen molar-refractivity contribution in [3.63, 3.8) is 0 Å². The van der Waals surface area contributed by atoms with Gasteiger partial charge >= 0.3 is 0 Å². The Morgan fingerprint density at radius 2 is 1.90 bits per heavy atom. The highest BCUT2D eigenvalue weighted by Crippen LogP contribution is 2.40. The molecule has 0 aromatic heterocycles. The molecule has 1 aromatic carbocycles. The summed E-state index contributed by atoms with van der Waals surface area (Å²) >= 11 is 3.43. The van der Waals surface area contributed by atoms with E-state index in [1.165, 1.54) is 31.7 Å². The van der Waals surface area contributed by atoms with Gasteiger partial charge in [-0.2, -0.15) is 0 Å². The Bertz CT molecular complexity index is 464. The molecule has 0 amide bonds. The summed E-state index contributed by atoms with van der Waals surface area (Å²) < 4.78 is 15.1. The third-order valence-corrected chi connectivity index (χ3v) is 5.83. The van der Waals surface area contributed by atoms with E-state index in [1.54, 1.807) is 6.07 Å². The SMILES string of the molecule is CCC1(CC)CCN(C(CN)c2cc(Br)ccc2F)CC1. The molecule has 2 rings (SSSR count). The Morgan fingerprint density at radius 3 is 2.43 bits per heavy atom. The Hall–Kier alpha value is -0.450. The molecule has 2 N–H and O–H groups in total. The zero-order chi connectivity index (χ0) is 15.5. The number of rotatable bonds is 5. The van der Waals surface area contributed by atoms with Crippen LogP contribution in [-0.2, 0) is 0 Å². The molecule has 1 fully saturated rings. The van der Waals surface area contributed by atoms with Crippen LogP contribution in [0.4, 0.5) is 4.39 Å². The average Bonchev–Trinajstić information content (AvgIpc) is 2.52. The second kappa shape index (κ2) is 7.21. The van der Waals surface area contributed by atoms with Gasteiger partial charge in [-0.05, 0) is 49.5 Å². The lowest BCUT2D eigenvalue weighted by molar-refractivity contribution is 0.0669. The van der Waals surface area contributed by atoms with E-state index < -0.39 is 0 Å². The molecule has 118 valence electrons. The Kier molecular flexibility index (Phi) is 5.81. The van der Waals surface area contributed by atoms with Gasteiger partial charge in [-0.15, -0.1) is 0 Å². The van der Waals surface area contributed by atoms with Crippen molar-refractivity contribution in [3.05, 3.63) is 34.1 Å². The zero-order valence-electron chi connectivity index (χ0n) is 13.0.